The molecule has 0 aliphatic rings. The van der Waals surface area contributed by atoms with E-state index in [4.69, 9.17) is 0 Å². The first-order valence-corrected chi connectivity index (χ1v) is 6.51. The van der Waals surface area contributed by atoms with Gasteiger partial charge in [0, 0.05) is 6.92 Å². The van der Waals surface area contributed by atoms with Crippen LogP contribution in [0.3, 0.4) is 0 Å². The van der Waals surface area contributed by atoms with E-state index in [1.807, 2.05) is 6.92 Å². The molecule has 0 aliphatic carbocycles. The van der Waals surface area contributed by atoms with Crippen molar-refractivity contribution in [3.63, 3.8) is 0 Å². The molecule has 88 valence electrons. The molecule has 0 amide bonds. The van der Waals surface area contributed by atoms with Gasteiger partial charge in [0.1, 0.15) is 5.69 Å². The number of aryl methyl sites for hydroxylation is 2. The summed E-state index contributed by atoms with van der Waals surface area (Å²) in [5.41, 5.74) is 2.98. The minimum Gasteiger partial charge on any atom is -0.293 e. The minimum atomic E-state index is 0.0314. The molecule has 0 saturated carbocycles. The van der Waals surface area contributed by atoms with Crippen LogP contribution >= 0.6 is 11.3 Å². The predicted octanol–water partition coefficient (Wildman–Crippen LogP) is 3.88. The molecule has 0 fully saturated rings. The Morgan fingerprint density at radius 1 is 1.29 bits per heavy atom. The zero-order chi connectivity index (χ0) is 12.4. The Balaban J connectivity index is 2.48. The van der Waals surface area contributed by atoms with E-state index in [2.05, 4.69) is 36.2 Å². The summed E-state index contributed by atoms with van der Waals surface area (Å²) in [5, 5.41) is 0.935. The Morgan fingerprint density at radius 3 is 2.47 bits per heavy atom. The Bertz CT molecular complexity index is 540. The molecule has 2 nitrogen and oxygen atoms in total. The standard InChI is InChI=1S/C14H15NOS/c1-4-11-5-7-12(8-6-11)14-13(9(2)16)15-10(3)17-14/h5-8H,4H2,1-3H3. The van der Waals surface area contributed by atoms with Gasteiger partial charge in [-0.1, -0.05) is 31.2 Å². The Morgan fingerprint density at radius 2 is 1.94 bits per heavy atom. The SMILES string of the molecule is CCc1ccc(-c2sc(C)nc2C(C)=O)cc1. The van der Waals surface area contributed by atoms with Gasteiger partial charge in [0.15, 0.2) is 5.78 Å². The Labute approximate surface area is 105 Å². The number of hydrogen-bond donors (Lipinski definition) is 0. The number of carbonyl (C=O) groups excluding carboxylic acids is 1. The van der Waals surface area contributed by atoms with Crippen molar-refractivity contribution in [2.75, 3.05) is 0 Å². The van der Waals surface area contributed by atoms with E-state index in [0.29, 0.717) is 5.69 Å². The summed E-state index contributed by atoms with van der Waals surface area (Å²) in [6.07, 6.45) is 1.03. The van der Waals surface area contributed by atoms with Gasteiger partial charge in [-0.25, -0.2) is 4.98 Å². The molecule has 0 N–H and O–H groups in total. The van der Waals surface area contributed by atoms with Gasteiger partial charge in [0.2, 0.25) is 0 Å². The van der Waals surface area contributed by atoms with Crippen LogP contribution in [0.5, 0.6) is 0 Å². The average Bonchev–Trinajstić information content (AvgIpc) is 2.72. The highest BCUT2D eigenvalue weighted by Crippen LogP contribution is 2.30. The summed E-state index contributed by atoms with van der Waals surface area (Å²) in [6.45, 7) is 5.63. The molecule has 3 heteroatoms. The van der Waals surface area contributed by atoms with E-state index in [1.165, 1.54) is 5.56 Å². The van der Waals surface area contributed by atoms with E-state index in [0.717, 1.165) is 21.9 Å². The summed E-state index contributed by atoms with van der Waals surface area (Å²) in [7, 11) is 0. The third kappa shape index (κ3) is 2.44. The predicted molar refractivity (Wildman–Crippen MR) is 71.7 cm³/mol. The van der Waals surface area contributed by atoms with E-state index >= 15 is 0 Å². The first-order chi connectivity index (χ1) is 8.11. The number of carbonyl (C=O) groups is 1. The number of thiazole rings is 1. The van der Waals surface area contributed by atoms with Crippen molar-refractivity contribution in [3.05, 3.63) is 40.5 Å². The highest BCUT2D eigenvalue weighted by atomic mass is 32.1. The number of ketones is 1. The summed E-state index contributed by atoms with van der Waals surface area (Å²) >= 11 is 1.58. The molecule has 2 aromatic rings. The van der Waals surface area contributed by atoms with Crippen molar-refractivity contribution in [3.8, 4) is 10.4 Å². The van der Waals surface area contributed by atoms with Crippen LogP contribution < -0.4 is 0 Å². The molecule has 0 aliphatic heterocycles. The lowest BCUT2D eigenvalue weighted by Gasteiger charge is -2.01. The van der Waals surface area contributed by atoms with Gasteiger partial charge in [0.25, 0.3) is 0 Å². The highest BCUT2D eigenvalue weighted by Gasteiger charge is 2.14. The third-order valence-corrected chi connectivity index (χ3v) is 3.71. The molecule has 17 heavy (non-hydrogen) atoms. The smallest absolute Gasteiger partial charge is 0.179 e. The van der Waals surface area contributed by atoms with Crippen molar-refractivity contribution in [1.82, 2.24) is 4.98 Å². The largest absolute Gasteiger partial charge is 0.293 e. The number of hydrogen-bond acceptors (Lipinski definition) is 3. The van der Waals surface area contributed by atoms with Crippen LogP contribution in [0.2, 0.25) is 0 Å². The molecule has 1 aromatic carbocycles. The average molecular weight is 245 g/mol. The van der Waals surface area contributed by atoms with E-state index in [-0.39, 0.29) is 5.78 Å². The molecule has 0 atom stereocenters. The van der Waals surface area contributed by atoms with Gasteiger partial charge in [-0.2, -0.15) is 0 Å². The van der Waals surface area contributed by atoms with Crippen molar-refractivity contribution >= 4 is 17.1 Å². The monoisotopic (exact) mass is 245 g/mol. The van der Waals surface area contributed by atoms with Gasteiger partial charge in [-0.05, 0) is 24.5 Å². The summed E-state index contributed by atoms with van der Waals surface area (Å²) in [5.74, 6) is 0.0314. The zero-order valence-electron chi connectivity index (χ0n) is 10.3. The Kier molecular flexibility index (Phi) is 3.38. The van der Waals surface area contributed by atoms with E-state index < -0.39 is 0 Å². The maximum atomic E-state index is 11.5. The van der Waals surface area contributed by atoms with Crippen LogP contribution in [0, 0.1) is 6.92 Å². The topological polar surface area (TPSA) is 30.0 Å². The minimum absolute atomic E-state index is 0.0314. The number of benzene rings is 1. The lowest BCUT2D eigenvalue weighted by molar-refractivity contribution is 0.101. The van der Waals surface area contributed by atoms with Crippen molar-refractivity contribution in [2.45, 2.75) is 27.2 Å². The van der Waals surface area contributed by atoms with Crippen LogP contribution in [-0.2, 0) is 6.42 Å². The molecule has 0 unspecified atom stereocenters. The van der Waals surface area contributed by atoms with Crippen LogP contribution in [0.1, 0.15) is 34.9 Å². The maximum absolute atomic E-state index is 11.5. The first kappa shape index (κ1) is 12.0. The fourth-order valence-corrected chi connectivity index (χ4v) is 2.73. The van der Waals surface area contributed by atoms with Crippen LogP contribution in [0.4, 0.5) is 0 Å². The van der Waals surface area contributed by atoms with Gasteiger partial charge in [0.05, 0.1) is 9.88 Å². The molecule has 0 saturated heterocycles. The second kappa shape index (κ2) is 4.80. The summed E-state index contributed by atoms with van der Waals surface area (Å²) < 4.78 is 0. The fourth-order valence-electron chi connectivity index (χ4n) is 1.75. The molecular formula is C14H15NOS. The first-order valence-electron chi connectivity index (χ1n) is 5.69. The second-order valence-corrected chi connectivity index (χ2v) is 5.22. The van der Waals surface area contributed by atoms with Gasteiger partial charge >= 0.3 is 0 Å². The molecule has 1 heterocycles. The number of nitrogens with zero attached hydrogens (tertiary/aromatic N) is 1. The van der Waals surface area contributed by atoms with Crippen molar-refractivity contribution in [1.29, 1.82) is 0 Å². The second-order valence-electron chi connectivity index (χ2n) is 4.02. The lowest BCUT2D eigenvalue weighted by atomic mass is 10.1. The molecule has 0 spiro atoms. The Hall–Kier alpha value is -1.48. The number of Topliss-reactive ketones (excluding diaryl/α,β-unsaturated/α-hetero) is 1. The van der Waals surface area contributed by atoms with Crippen molar-refractivity contribution in [2.24, 2.45) is 0 Å². The number of rotatable bonds is 3. The quantitative estimate of drug-likeness (QED) is 0.768. The molecule has 0 bridgehead atoms. The van der Waals surface area contributed by atoms with Gasteiger partial charge < -0.3 is 0 Å². The van der Waals surface area contributed by atoms with Crippen LogP contribution in [0.25, 0.3) is 10.4 Å². The highest BCUT2D eigenvalue weighted by molar-refractivity contribution is 7.15. The van der Waals surface area contributed by atoms with Crippen LogP contribution in [0.15, 0.2) is 24.3 Å². The normalized spacial score (nSPS) is 10.5. The van der Waals surface area contributed by atoms with E-state index in [9.17, 15) is 4.79 Å². The number of aromatic nitrogens is 1. The lowest BCUT2D eigenvalue weighted by Crippen LogP contribution is -1.95. The molecule has 0 radical (unpaired) electrons. The van der Waals surface area contributed by atoms with E-state index in [1.54, 1.807) is 18.3 Å². The van der Waals surface area contributed by atoms with Gasteiger partial charge in [-0.15, -0.1) is 11.3 Å². The zero-order valence-corrected chi connectivity index (χ0v) is 11.1. The molecule has 2 rings (SSSR count). The fraction of sp³-hybridized carbons (Fsp3) is 0.286. The van der Waals surface area contributed by atoms with Crippen LogP contribution in [-0.4, -0.2) is 10.8 Å². The maximum Gasteiger partial charge on any atom is 0.179 e. The summed E-state index contributed by atoms with van der Waals surface area (Å²) in [6, 6.07) is 8.35. The van der Waals surface area contributed by atoms with Crippen molar-refractivity contribution < 1.29 is 4.79 Å². The summed E-state index contributed by atoms with van der Waals surface area (Å²) in [4.78, 5) is 16.8. The van der Waals surface area contributed by atoms with Gasteiger partial charge in [-0.3, -0.25) is 4.79 Å². The molecular weight excluding hydrogens is 230 g/mol. The third-order valence-electron chi connectivity index (χ3n) is 2.69. The molecule has 1 aromatic heterocycles.